The van der Waals surface area contributed by atoms with Crippen LogP contribution in [0.25, 0.3) is 0 Å². The lowest BCUT2D eigenvalue weighted by Crippen LogP contribution is -2.38. The van der Waals surface area contributed by atoms with E-state index in [1.807, 2.05) is 13.8 Å². The van der Waals surface area contributed by atoms with Crippen LogP contribution in [0.4, 0.5) is 10.1 Å². The molecule has 10 heteroatoms. The van der Waals surface area contributed by atoms with Crippen LogP contribution in [0.3, 0.4) is 0 Å². The predicted octanol–water partition coefficient (Wildman–Crippen LogP) is 3.95. The van der Waals surface area contributed by atoms with Gasteiger partial charge in [0.15, 0.2) is 19.0 Å². The number of anilines is 1. The maximum atomic E-state index is 13.1. The van der Waals surface area contributed by atoms with Gasteiger partial charge in [0.25, 0.3) is 11.8 Å². The van der Waals surface area contributed by atoms with Crippen LogP contribution < -0.4 is 14.4 Å². The summed E-state index contributed by atoms with van der Waals surface area (Å²) in [6, 6.07) is 10.2. The number of hydrogen-bond donors (Lipinski definition) is 0. The highest BCUT2D eigenvalue weighted by Gasteiger charge is 2.28. The average molecular weight is 498 g/mol. The summed E-state index contributed by atoms with van der Waals surface area (Å²) in [6.45, 7) is 4.74. The Bertz CT molecular complexity index is 1240. The number of fused-ring (bicyclic) bond motifs is 1. The van der Waals surface area contributed by atoms with E-state index in [4.69, 9.17) is 9.47 Å². The molecule has 8 nitrogen and oxygen atoms in total. The van der Waals surface area contributed by atoms with Crippen LogP contribution in [0.5, 0.6) is 11.5 Å². The molecule has 2 amide bonds. The van der Waals surface area contributed by atoms with Gasteiger partial charge < -0.3 is 14.4 Å². The van der Waals surface area contributed by atoms with Crippen LogP contribution in [0.15, 0.2) is 47.8 Å². The molecule has 35 heavy (non-hydrogen) atoms. The SMILES string of the molecule is CCN(CC)C(=O)c1csc(CN2C(=O)COc3ccc(C(=O)COc4ccc(F)cc4)cc32)n1. The molecule has 0 saturated heterocycles. The Morgan fingerprint density at radius 2 is 1.91 bits per heavy atom. The molecule has 0 atom stereocenters. The van der Waals surface area contributed by atoms with Gasteiger partial charge in [-0.15, -0.1) is 11.3 Å². The predicted molar refractivity (Wildman–Crippen MR) is 129 cm³/mol. The third-order valence-electron chi connectivity index (χ3n) is 5.52. The highest BCUT2D eigenvalue weighted by molar-refractivity contribution is 7.09. The Morgan fingerprint density at radius 3 is 2.63 bits per heavy atom. The fourth-order valence-corrected chi connectivity index (χ4v) is 4.36. The number of hydrogen-bond acceptors (Lipinski definition) is 7. The molecule has 3 aromatic rings. The molecular weight excluding hydrogens is 473 g/mol. The van der Waals surface area contributed by atoms with Gasteiger partial charge in [0.1, 0.15) is 28.0 Å². The molecule has 0 N–H and O–H groups in total. The van der Waals surface area contributed by atoms with Gasteiger partial charge in [-0.2, -0.15) is 0 Å². The number of ketones is 1. The molecular formula is C25H24FN3O5S. The smallest absolute Gasteiger partial charge is 0.273 e. The van der Waals surface area contributed by atoms with Crippen LogP contribution in [0, 0.1) is 5.82 Å². The minimum Gasteiger partial charge on any atom is -0.485 e. The lowest BCUT2D eigenvalue weighted by molar-refractivity contribution is -0.121. The van der Waals surface area contributed by atoms with E-state index in [2.05, 4.69) is 4.98 Å². The van der Waals surface area contributed by atoms with Crippen LogP contribution in [-0.2, 0) is 11.3 Å². The molecule has 0 aliphatic carbocycles. The van der Waals surface area contributed by atoms with E-state index in [-0.39, 0.29) is 37.4 Å². The van der Waals surface area contributed by atoms with Gasteiger partial charge in [0, 0.05) is 24.0 Å². The van der Waals surface area contributed by atoms with Gasteiger partial charge in [-0.3, -0.25) is 19.3 Å². The van der Waals surface area contributed by atoms with Crippen molar-refractivity contribution in [2.24, 2.45) is 0 Å². The number of halogens is 1. The largest absolute Gasteiger partial charge is 0.485 e. The first-order valence-electron chi connectivity index (χ1n) is 11.1. The minimum absolute atomic E-state index is 0.134. The number of Topliss-reactive ketones (excluding diaryl/α,β-unsaturated/α-hetero) is 1. The van der Waals surface area contributed by atoms with Crippen molar-refractivity contribution in [3.8, 4) is 11.5 Å². The maximum absolute atomic E-state index is 13.1. The van der Waals surface area contributed by atoms with Gasteiger partial charge in [0.05, 0.1) is 12.2 Å². The van der Waals surface area contributed by atoms with Crippen molar-refractivity contribution in [3.63, 3.8) is 0 Å². The van der Waals surface area contributed by atoms with Crippen molar-refractivity contribution in [1.82, 2.24) is 9.88 Å². The normalized spacial score (nSPS) is 12.7. The Balaban J connectivity index is 1.50. The third-order valence-corrected chi connectivity index (χ3v) is 6.36. The summed E-state index contributed by atoms with van der Waals surface area (Å²) >= 11 is 1.30. The molecule has 0 unspecified atom stereocenters. The molecule has 2 aromatic carbocycles. The monoisotopic (exact) mass is 497 g/mol. The van der Waals surface area contributed by atoms with Crippen LogP contribution in [-0.4, -0.2) is 53.8 Å². The van der Waals surface area contributed by atoms with Crippen molar-refractivity contribution in [2.75, 3.05) is 31.2 Å². The van der Waals surface area contributed by atoms with Gasteiger partial charge in [-0.1, -0.05) is 0 Å². The Kier molecular flexibility index (Phi) is 7.40. The van der Waals surface area contributed by atoms with Crippen molar-refractivity contribution >= 4 is 34.6 Å². The first-order valence-corrected chi connectivity index (χ1v) is 12.0. The Labute approximate surface area is 205 Å². The number of amides is 2. The summed E-state index contributed by atoms with van der Waals surface area (Å²) in [5.41, 5.74) is 1.13. The van der Waals surface area contributed by atoms with Crippen molar-refractivity contribution in [2.45, 2.75) is 20.4 Å². The first kappa shape index (κ1) is 24.3. The van der Waals surface area contributed by atoms with E-state index >= 15 is 0 Å². The highest BCUT2D eigenvalue weighted by atomic mass is 32.1. The third kappa shape index (κ3) is 5.48. The summed E-state index contributed by atoms with van der Waals surface area (Å²) in [4.78, 5) is 45.6. The number of thiazole rings is 1. The molecule has 1 aromatic heterocycles. The molecule has 182 valence electrons. The molecule has 0 spiro atoms. The topological polar surface area (TPSA) is 89.0 Å². The zero-order valence-electron chi connectivity index (χ0n) is 19.3. The average Bonchev–Trinajstić information content (AvgIpc) is 3.34. The quantitative estimate of drug-likeness (QED) is 0.416. The van der Waals surface area contributed by atoms with E-state index in [1.165, 1.54) is 40.5 Å². The van der Waals surface area contributed by atoms with E-state index in [9.17, 15) is 18.8 Å². The summed E-state index contributed by atoms with van der Waals surface area (Å²) in [5, 5.41) is 2.28. The lowest BCUT2D eigenvalue weighted by atomic mass is 10.1. The van der Waals surface area contributed by atoms with Crippen molar-refractivity contribution in [1.29, 1.82) is 0 Å². The maximum Gasteiger partial charge on any atom is 0.273 e. The molecule has 0 bridgehead atoms. The van der Waals surface area contributed by atoms with E-state index < -0.39 is 5.82 Å². The molecule has 0 saturated carbocycles. The number of ether oxygens (including phenoxy) is 2. The van der Waals surface area contributed by atoms with E-state index in [0.717, 1.165) is 0 Å². The summed E-state index contributed by atoms with van der Waals surface area (Å²) in [6.07, 6.45) is 0. The molecule has 2 heterocycles. The summed E-state index contributed by atoms with van der Waals surface area (Å²) in [5.74, 6) is -0.297. The minimum atomic E-state index is -0.395. The number of carbonyl (C=O) groups is 3. The fourth-order valence-electron chi connectivity index (χ4n) is 3.60. The standard InChI is InChI=1S/C25H24FN3O5S/c1-3-28(4-2)25(32)19-15-35-23(27-19)12-29-20-11-16(5-10-22(20)34-14-24(29)31)21(30)13-33-18-8-6-17(26)7-9-18/h5-11,15H,3-4,12-14H2,1-2H3. The number of benzene rings is 2. The van der Waals surface area contributed by atoms with Gasteiger partial charge in [0.2, 0.25) is 0 Å². The number of aromatic nitrogens is 1. The molecule has 0 radical (unpaired) electrons. The number of carbonyl (C=O) groups excluding carboxylic acids is 3. The highest BCUT2D eigenvalue weighted by Crippen LogP contribution is 2.34. The number of rotatable bonds is 9. The molecule has 4 rings (SSSR count). The van der Waals surface area contributed by atoms with Crippen LogP contribution >= 0.6 is 11.3 Å². The van der Waals surface area contributed by atoms with E-state index in [1.54, 1.807) is 28.5 Å². The molecule has 1 aliphatic heterocycles. The second-order valence-corrected chi connectivity index (χ2v) is 8.66. The van der Waals surface area contributed by atoms with Crippen molar-refractivity contribution in [3.05, 3.63) is 69.9 Å². The second-order valence-electron chi connectivity index (χ2n) is 7.72. The zero-order valence-corrected chi connectivity index (χ0v) is 20.1. The second kappa shape index (κ2) is 10.6. The summed E-state index contributed by atoms with van der Waals surface area (Å²) < 4.78 is 24.0. The Morgan fingerprint density at radius 1 is 1.17 bits per heavy atom. The van der Waals surface area contributed by atoms with Crippen molar-refractivity contribution < 1.29 is 28.2 Å². The zero-order chi connectivity index (χ0) is 24.9. The number of nitrogens with zero attached hydrogens (tertiary/aromatic N) is 3. The summed E-state index contributed by atoms with van der Waals surface area (Å²) in [7, 11) is 0. The van der Waals surface area contributed by atoms with Gasteiger partial charge >= 0.3 is 0 Å². The van der Waals surface area contributed by atoms with Crippen LogP contribution in [0.2, 0.25) is 0 Å². The van der Waals surface area contributed by atoms with Crippen LogP contribution in [0.1, 0.15) is 39.7 Å². The Hall–Kier alpha value is -3.79. The van der Waals surface area contributed by atoms with Gasteiger partial charge in [-0.25, -0.2) is 9.37 Å². The lowest BCUT2D eigenvalue weighted by Gasteiger charge is -2.29. The van der Waals surface area contributed by atoms with Gasteiger partial charge in [-0.05, 0) is 56.3 Å². The molecule has 0 fully saturated rings. The first-order chi connectivity index (χ1) is 16.9. The molecule has 1 aliphatic rings. The van der Waals surface area contributed by atoms with E-state index in [0.29, 0.717) is 46.5 Å². The fraction of sp³-hybridized carbons (Fsp3) is 0.280.